The summed E-state index contributed by atoms with van der Waals surface area (Å²) in [4.78, 5) is 7.32. The molecule has 2 rings (SSSR count). The molecule has 2 unspecified atom stereocenters. The average Bonchev–Trinajstić information content (AvgIpc) is 3.15. The van der Waals surface area contributed by atoms with Gasteiger partial charge in [-0.05, 0) is 71.3 Å². The van der Waals surface area contributed by atoms with Crippen LogP contribution in [0.15, 0.2) is 4.99 Å². The van der Waals surface area contributed by atoms with E-state index in [1.54, 1.807) is 0 Å². The molecule has 2 N–H and O–H groups in total. The van der Waals surface area contributed by atoms with E-state index in [9.17, 15) is 0 Å². The second-order valence-electron chi connectivity index (χ2n) is 6.17. The number of rotatable bonds is 7. The second kappa shape index (κ2) is 11.8. The molecule has 2 fully saturated rings. The number of hydrogen-bond donors (Lipinski definition) is 2. The number of nitrogens with zero attached hydrogens (tertiary/aromatic N) is 2. The summed E-state index contributed by atoms with van der Waals surface area (Å²) in [5.41, 5.74) is 0. The second-order valence-corrected chi connectivity index (χ2v) is 7.31. The van der Waals surface area contributed by atoms with Crippen LogP contribution in [0.3, 0.4) is 0 Å². The van der Waals surface area contributed by atoms with Crippen molar-refractivity contribution in [3.05, 3.63) is 0 Å². The van der Waals surface area contributed by atoms with Crippen molar-refractivity contribution in [2.24, 2.45) is 4.99 Å². The van der Waals surface area contributed by atoms with Crippen molar-refractivity contribution >= 4 is 41.7 Å². The molecule has 1 heterocycles. The molecule has 1 saturated carbocycles. The van der Waals surface area contributed by atoms with Crippen LogP contribution in [0.1, 0.15) is 45.4 Å². The van der Waals surface area contributed by atoms with E-state index in [-0.39, 0.29) is 24.0 Å². The van der Waals surface area contributed by atoms with Crippen LogP contribution in [0.5, 0.6) is 0 Å². The normalized spacial score (nSPS) is 26.0. The first-order chi connectivity index (χ1) is 10.3. The smallest absolute Gasteiger partial charge is 0.191 e. The number of nitrogens with one attached hydrogen (secondary N) is 2. The Bertz CT molecular complexity index is 321. The zero-order chi connectivity index (χ0) is 14.9. The molecule has 130 valence electrons. The Morgan fingerprint density at radius 1 is 1.27 bits per heavy atom. The minimum atomic E-state index is 0. The first kappa shape index (κ1) is 20.4. The lowest BCUT2D eigenvalue weighted by Crippen LogP contribution is -2.42. The van der Waals surface area contributed by atoms with Crippen molar-refractivity contribution in [2.45, 2.75) is 56.7 Å². The monoisotopic (exact) mass is 440 g/mol. The molecule has 4 nitrogen and oxygen atoms in total. The molecule has 0 radical (unpaired) electrons. The van der Waals surface area contributed by atoms with Crippen molar-refractivity contribution < 1.29 is 0 Å². The molecule has 1 aliphatic carbocycles. The van der Waals surface area contributed by atoms with Gasteiger partial charge in [-0.15, -0.1) is 24.0 Å². The van der Waals surface area contributed by atoms with E-state index in [2.05, 4.69) is 28.7 Å². The summed E-state index contributed by atoms with van der Waals surface area (Å²) in [6, 6.07) is 0.610. The average molecular weight is 440 g/mol. The van der Waals surface area contributed by atoms with E-state index in [1.807, 2.05) is 11.8 Å². The van der Waals surface area contributed by atoms with Crippen molar-refractivity contribution in [3.8, 4) is 0 Å². The minimum Gasteiger partial charge on any atom is -0.357 e. The van der Waals surface area contributed by atoms with E-state index in [0.29, 0.717) is 6.04 Å². The fraction of sp³-hybridized carbons (Fsp3) is 0.938. The molecule has 0 bridgehead atoms. The van der Waals surface area contributed by atoms with Crippen LogP contribution in [-0.4, -0.2) is 61.1 Å². The van der Waals surface area contributed by atoms with E-state index >= 15 is 0 Å². The predicted molar refractivity (Wildman–Crippen MR) is 110 cm³/mol. The largest absolute Gasteiger partial charge is 0.357 e. The lowest BCUT2D eigenvalue weighted by Gasteiger charge is -2.17. The van der Waals surface area contributed by atoms with Crippen LogP contribution in [-0.2, 0) is 0 Å². The third kappa shape index (κ3) is 7.25. The standard InChI is InChI=1S/C16H32N4S.HI/c1-3-17-16(19-14-7-8-15(13-14)21-2)18-9-6-12-20-10-4-5-11-20;/h14-15H,3-13H2,1-2H3,(H2,17,18,19);1H. The Morgan fingerprint density at radius 3 is 2.68 bits per heavy atom. The molecule has 2 atom stereocenters. The van der Waals surface area contributed by atoms with Crippen LogP contribution in [0.2, 0.25) is 0 Å². The van der Waals surface area contributed by atoms with Gasteiger partial charge in [0.1, 0.15) is 0 Å². The first-order valence-corrected chi connectivity index (χ1v) is 9.90. The highest BCUT2D eigenvalue weighted by Gasteiger charge is 2.24. The highest BCUT2D eigenvalue weighted by molar-refractivity contribution is 14.0. The maximum Gasteiger partial charge on any atom is 0.191 e. The van der Waals surface area contributed by atoms with E-state index in [4.69, 9.17) is 4.99 Å². The highest BCUT2D eigenvalue weighted by Crippen LogP contribution is 2.27. The summed E-state index contributed by atoms with van der Waals surface area (Å²) < 4.78 is 0. The summed E-state index contributed by atoms with van der Waals surface area (Å²) in [6.07, 6.45) is 10.1. The number of thioether (sulfide) groups is 1. The first-order valence-electron chi connectivity index (χ1n) is 8.61. The molecule has 0 spiro atoms. The van der Waals surface area contributed by atoms with Crippen molar-refractivity contribution in [1.29, 1.82) is 0 Å². The number of hydrogen-bond acceptors (Lipinski definition) is 3. The maximum atomic E-state index is 4.75. The van der Waals surface area contributed by atoms with Gasteiger partial charge in [0.25, 0.3) is 0 Å². The quantitative estimate of drug-likeness (QED) is 0.277. The maximum absolute atomic E-state index is 4.75. The van der Waals surface area contributed by atoms with Crippen LogP contribution < -0.4 is 10.6 Å². The Kier molecular flexibility index (Phi) is 10.9. The summed E-state index contributed by atoms with van der Waals surface area (Å²) in [7, 11) is 0. The van der Waals surface area contributed by atoms with Gasteiger partial charge in [-0.3, -0.25) is 4.99 Å². The van der Waals surface area contributed by atoms with Crippen molar-refractivity contribution in [2.75, 3.05) is 39.0 Å². The molecule has 0 aromatic carbocycles. The third-order valence-corrected chi connectivity index (χ3v) is 5.60. The molecule has 2 aliphatic rings. The highest BCUT2D eigenvalue weighted by atomic mass is 127. The summed E-state index contributed by atoms with van der Waals surface area (Å²) in [6.45, 7) is 7.81. The number of aliphatic imine (C=N–C) groups is 1. The SMILES string of the molecule is CCNC(=NCCCN1CCCC1)NC1CCC(SC)C1.I. The zero-order valence-corrected chi connectivity index (χ0v) is 17.3. The molecule has 1 aliphatic heterocycles. The minimum absolute atomic E-state index is 0. The molecule has 22 heavy (non-hydrogen) atoms. The lowest BCUT2D eigenvalue weighted by atomic mass is 10.2. The zero-order valence-electron chi connectivity index (χ0n) is 14.1. The van der Waals surface area contributed by atoms with Gasteiger partial charge < -0.3 is 15.5 Å². The topological polar surface area (TPSA) is 39.7 Å². The van der Waals surface area contributed by atoms with Crippen LogP contribution in [0.4, 0.5) is 0 Å². The predicted octanol–water partition coefficient (Wildman–Crippen LogP) is 2.93. The molecule has 0 aromatic heterocycles. The van der Waals surface area contributed by atoms with Gasteiger partial charge in [0.05, 0.1) is 0 Å². The molecule has 0 amide bonds. The lowest BCUT2D eigenvalue weighted by molar-refractivity contribution is 0.336. The molecular weight excluding hydrogens is 407 g/mol. The molecular formula is C16H33IN4S. The van der Waals surface area contributed by atoms with Crippen molar-refractivity contribution in [1.82, 2.24) is 15.5 Å². The fourth-order valence-electron chi connectivity index (χ4n) is 3.29. The molecule has 6 heteroatoms. The Hall–Kier alpha value is 0.310. The number of likely N-dealkylation sites (tertiary alicyclic amines) is 1. The molecule has 0 aromatic rings. The van der Waals surface area contributed by atoms with Crippen LogP contribution >= 0.6 is 35.7 Å². The van der Waals surface area contributed by atoms with Crippen LogP contribution in [0, 0.1) is 0 Å². The van der Waals surface area contributed by atoms with E-state index < -0.39 is 0 Å². The number of guanidine groups is 1. The van der Waals surface area contributed by atoms with Gasteiger partial charge in [0.15, 0.2) is 5.96 Å². The Morgan fingerprint density at radius 2 is 2.05 bits per heavy atom. The van der Waals surface area contributed by atoms with Crippen LogP contribution in [0.25, 0.3) is 0 Å². The van der Waals surface area contributed by atoms with E-state index in [1.165, 1.54) is 58.2 Å². The Labute approximate surface area is 157 Å². The molecule has 1 saturated heterocycles. The van der Waals surface area contributed by atoms with Gasteiger partial charge in [0, 0.05) is 24.4 Å². The van der Waals surface area contributed by atoms with Gasteiger partial charge >= 0.3 is 0 Å². The van der Waals surface area contributed by atoms with Gasteiger partial charge in [0.2, 0.25) is 0 Å². The third-order valence-electron chi connectivity index (χ3n) is 4.50. The summed E-state index contributed by atoms with van der Waals surface area (Å²) in [5, 5.41) is 7.84. The van der Waals surface area contributed by atoms with Gasteiger partial charge in [-0.2, -0.15) is 11.8 Å². The summed E-state index contributed by atoms with van der Waals surface area (Å²) in [5.74, 6) is 1.02. The van der Waals surface area contributed by atoms with E-state index in [0.717, 1.165) is 24.3 Å². The summed E-state index contributed by atoms with van der Waals surface area (Å²) >= 11 is 2.01. The van der Waals surface area contributed by atoms with Gasteiger partial charge in [-0.25, -0.2) is 0 Å². The van der Waals surface area contributed by atoms with Crippen molar-refractivity contribution in [3.63, 3.8) is 0 Å². The van der Waals surface area contributed by atoms with Gasteiger partial charge in [-0.1, -0.05) is 0 Å². The number of halogens is 1. The fourth-order valence-corrected chi connectivity index (χ4v) is 4.09. The Balaban J connectivity index is 0.00000242.